The van der Waals surface area contributed by atoms with Gasteiger partial charge in [-0.05, 0) is 98.1 Å². The SMILES string of the molecule is c1ccc(-c2ccc(-c3nc(-c4ccccc4)nc(-c4cccc5c4-c4cc(-c6cccc7oc8ccccc8c67)ccc4C54c5ccccc5N(c5ccccc5)c5ccccc54)n3)cc2)cc1. The Labute approximate surface area is 399 Å². The highest BCUT2D eigenvalue weighted by Crippen LogP contribution is 2.65. The topological polar surface area (TPSA) is 55.1 Å². The van der Waals surface area contributed by atoms with Crippen LogP contribution in [0.25, 0.3) is 89.5 Å². The van der Waals surface area contributed by atoms with Gasteiger partial charge >= 0.3 is 0 Å². The van der Waals surface area contributed by atoms with Crippen molar-refractivity contribution in [3.05, 3.63) is 265 Å². The Kier molecular flexibility index (Phi) is 8.73. The summed E-state index contributed by atoms with van der Waals surface area (Å²) in [5.41, 5.74) is 18.8. The van der Waals surface area contributed by atoms with Crippen LogP contribution in [0, 0.1) is 0 Å². The third kappa shape index (κ3) is 5.94. The highest BCUT2D eigenvalue weighted by molar-refractivity contribution is 6.13. The van der Waals surface area contributed by atoms with Crippen molar-refractivity contribution in [1.29, 1.82) is 0 Å². The van der Waals surface area contributed by atoms with Crippen LogP contribution in [0.15, 0.2) is 247 Å². The van der Waals surface area contributed by atoms with Gasteiger partial charge in [0.05, 0.1) is 16.8 Å². The smallest absolute Gasteiger partial charge is 0.164 e. The molecule has 0 fully saturated rings. The Morgan fingerprint density at radius 2 is 0.841 bits per heavy atom. The fourth-order valence-corrected chi connectivity index (χ4v) is 11.2. The van der Waals surface area contributed by atoms with Gasteiger partial charge in [-0.15, -0.1) is 0 Å². The van der Waals surface area contributed by atoms with Gasteiger partial charge in [0.1, 0.15) is 11.2 Å². The van der Waals surface area contributed by atoms with Gasteiger partial charge in [-0.1, -0.05) is 200 Å². The van der Waals surface area contributed by atoms with Gasteiger partial charge in [0.25, 0.3) is 0 Å². The van der Waals surface area contributed by atoms with Gasteiger partial charge in [-0.3, -0.25) is 0 Å². The van der Waals surface area contributed by atoms with Crippen LogP contribution in [0.1, 0.15) is 22.3 Å². The lowest BCUT2D eigenvalue weighted by atomic mass is 9.64. The minimum absolute atomic E-state index is 0.613. The molecule has 0 saturated carbocycles. The van der Waals surface area contributed by atoms with Crippen LogP contribution in [-0.4, -0.2) is 15.0 Å². The number of fused-ring (bicyclic) bond motifs is 12. The van der Waals surface area contributed by atoms with Crippen molar-refractivity contribution in [2.75, 3.05) is 4.90 Å². The molecule has 0 amide bonds. The molecule has 3 heterocycles. The summed E-state index contributed by atoms with van der Waals surface area (Å²) in [5, 5.41) is 2.20. The van der Waals surface area contributed by atoms with Gasteiger partial charge in [0.2, 0.25) is 0 Å². The fraction of sp³-hybridized carbons (Fsp3) is 0.0156. The van der Waals surface area contributed by atoms with Crippen molar-refractivity contribution in [1.82, 2.24) is 15.0 Å². The van der Waals surface area contributed by atoms with E-state index in [-0.39, 0.29) is 0 Å². The Hall–Kier alpha value is -9.19. The molecule has 69 heavy (non-hydrogen) atoms. The molecular formula is C64H40N4O. The Morgan fingerprint density at radius 3 is 1.57 bits per heavy atom. The number of benzene rings is 10. The summed E-state index contributed by atoms with van der Waals surface area (Å²) in [6, 6.07) is 86.4. The molecule has 10 aromatic carbocycles. The summed E-state index contributed by atoms with van der Waals surface area (Å²) in [4.78, 5) is 18.4. The van der Waals surface area contributed by atoms with Gasteiger partial charge in [-0.25, -0.2) is 15.0 Å². The molecular weight excluding hydrogens is 841 g/mol. The molecule has 14 rings (SSSR count). The van der Waals surface area contributed by atoms with E-state index in [1.807, 2.05) is 30.3 Å². The third-order valence-electron chi connectivity index (χ3n) is 14.1. The Balaban J connectivity index is 1.06. The van der Waals surface area contributed by atoms with E-state index < -0.39 is 5.41 Å². The minimum Gasteiger partial charge on any atom is -0.456 e. The predicted molar refractivity (Wildman–Crippen MR) is 280 cm³/mol. The first-order valence-corrected chi connectivity index (χ1v) is 23.4. The zero-order valence-electron chi connectivity index (χ0n) is 37.3. The molecule has 0 N–H and O–H groups in total. The second-order valence-electron chi connectivity index (χ2n) is 17.8. The summed E-state index contributed by atoms with van der Waals surface area (Å²) >= 11 is 0. The van der Waals surface area contributed by atoms with Crippen molar-refractivity contribution in [3.63, 3.8) is 0 Å². The average molecular weight is 881 g/mol. The molecule has 1 aliphatic heterocycles. The molecule has 0 atom stereocenters. The van der Waals surface area contributed by atoms with Crippen LogP contribution in [-0.2, 0) is 5.41 Å². The molecule has 2 aliphatic rings. The molecule has 0 bridgehead atoms. The Bertz CT molecular complexity index is 3910. The van der Waals surface area contributed by atoms with Crippen LogP contribution in [0.2, 0.25) is 0 Å². The van der Waals surface area contributed by atoms with Crippen molar-refractivity contribution in [2.45, 2.75) is 5.41 Å². The van der Waals surface area contributed by atoms with Crippen LogP contribution in [0.4, 0.5) is 17.1 Å². The van der Waals surface area contributed by atoms with Crippen LogP contribution < -0.4 is 4.90 Å². The molecule has 2 aromatic heterocycles. The number of hydrogen-bond donors (Lipinski definition) is 0. The lowest BCUT2D eigenvalue weighted by molar-refractivity contribution is 0.669. The minimum atomic E-state index is -0.697. The highest BCUT2D eigenvalue weighted by atomic mass is 16.3. The number of para-hydroxylation sites is 4. The highest BCUT2D eigenvalue weighted by Gasteiger charge is 2.52. The van der Waals surface area contributed by atoms with Crippen molar-refractivity contribution >= 4 is 39.0 Å². The molecule has 12 aromatic rings. The van der Waals surface area contributed by atoms with E-state index in [0.717, 1.165) is 89.1 Å². The fourth-order valence-electron chi connectivity index (χ4n) is 11.2. The van der Waals surface area contributed by atoms with E-state index in [2.05, 4.69) is 217 Å². The first kappa shape index (κ1) is 39.0. The Morgan fingerprint density at radius 1 is 0.333 bits per heavy atom. The van der Waals surface area contributed by atoms with E-state index in [1.165, 1.54) is 22.3 Å². The maximum absolute atomic E-state index is 6.45. The van der Waals surface area contributed by atoms with Gasteiger partial charge in [0, 0.05) is 33.2 Å². The second kappa shape index (κ2) is 15.4. The zero-order valence-corrected chi connectivity index (χ0v) is 37.3. The van der Waals surface area contributed by atoms with E-state index in [1.54, 1.807) is 0 Å². The summed E-state index contributed by atoms with van der Waals surface area (Å²) < 4.78 is 6.45. The monoisotopic (exact) mass is 880 g/mol. The first-order valence-electron chi connectivity index (χ1n) is 23.4. The third-order valence-corrected chi connectivity index (χ3v) is 14.1. The average Bonchev–Trinajstić information content (AvgIpc) is 3.96. The number of anilines is 3. The number of nitrogens with zero attached hydrogens (tertiary/aromatic N) is 4. The van der Waals surface area contributed by atoms with E-state index in [9.17, 15) is 0 Å². The number of furan rings is 1. The van der Waals surface area contributed by atoms with E-state index in [4.69, 9.17) is 19.4 Å². The molecule has 1 spiro atoms. The van der Waals surface area contributed by atoms with Crippen molar-refractivity contribution in [2.24, 2.45) is 0 Å². The van der Waals surface area contributed by atoms with Gasteiger partial charge < -0.3 is 9.32 Å². The van der Waals surface area contributed by atoms with E-state index in [0.29, 0.717) is 17.5 Å². The standard InChI is InChI=1S/C64H40N4O/c1-4-18-41(19-5-1)42-34-36-44(37-35-42)62-65-61(43-20-6-2-7-21-43)66-63(67-62)49-26-16-29-54-59(49)50-40-45(47-25-17-33-58-60(47)48-24-10-15-32-57(48)69-58)38-39-51(50)64(54)52-27-11-13-30-55(52)68(46-22-8-3-9-23-46)56-31-14-12-28-53(56)64/h1-40H. The second-order valence-corrected chi connectivity index (χ2v) is 17.8. The summed E-state index contributed by atoms with van der Waals surface area (Å²) in [6.07, 6.45) is 0. The van der Waals surface area contributed by atoms with Crippen molar-refractivity contribution < 1.29 is 4.42 Å². The van der Waals surface area contributed by atoms with Crippen LogP contribution in [0.5, 0.6) is 0 Å². The molecule has 0 unspecified atom stereocenters. The molecule has 5 heteroatoms. The lowest BCUT2D eigenvalue weighted by Gasteiger charge is -2.45. The largest absolute Gasteiger partial charge is 0.456 e. The van der Waals surface area contributed by atoms with Crippen molar-refractivity contribution in [3.8, 4) is 67.5 Å². The first-order chi connectivity index (χ1) is 34.2. The molecule has 5 nitrogen and oxygen atoms in total. The summed E-state index contributed by atoms with van der Waals surface area (Å²) in [7, 11) is 0. The molecule has 0 radical (unpaired) electrons. The van der Waals surface area contributed by atoms with Crippen LogP contribution >= 0.6 is 0 Å². The van der Waals surface area contributed by atoms with Gasteiger partial charge in [0.15, 0.2) is 17.5 Å². The number of aromatic nitrogens is 3. The molecule has 1 aliphatic carbocycles. The predicted octanol–water partition coefficient (Wildman–Crippen LogP) is 16.3. The quantitative estimate of drug-likeness (QED) is 0.167. The lowest BCUT2D eigenvalue weighted by Crippen LogP contribution is -2.36. The number of rotatable bonds is 6. The van der Waals surface area contributed by atoms with E-state index >= 15 is 0 Å². The number of hydrogen-bond acceptors (Lipinski definition) is 5. The molecule has 0 saturated heterocycles. The summed E-state index contributed by atoms with van der Waals surface area (Å²) in [5.74, 6) is 1.85. The maximum Gasteiger partial charge on any atom is 0.164 e. The zero-order chi connectivity index (χ0) is 45.5. The normalized spacial score (nSPS) is 13.0. The maximum atomic E-state index is 6.45. The van der Waals surface area contributed by atoms with Crippen LogP contribution in [0.3, 0.4) is 0 Å². The molecule has 322 valence electrons. The van der Waals surface area contributed by atoms with Gasteiger partial charge in [-0.2, -0.15) is 0 Å². The summed E-state index contributed by atoms with van der Waals surface area (Å²) in [6.45, 7) is 0.